The van der Waals surface area contributed by atoms with Crippen molar-refractivity contribution in [3.8, 4) is 0 Å². The van der Waals surface area contributed by atoms with Gasteiger partial charge < -0.3 is 4.90 Å². The van der Waals surface area contributed by atoms with Gasteiger partial charge in [-0.25, -0.2) is 22.7 Å². The van der Waals surface area contributed by atoms with Gasteiger partial charge in [-0.1, -0.05) is 0 Å². The molecule has 3 rings (SSSR count). The monoisotopic (exact) mass is 324 g/mol. The fraction of sp³-hybridized carbons (Fsp3) is 0.733. The minimum atomic E-state index is -3.12. The Morgan fingerprint density at radius 2 is 1.86 bits per heavy atom. The van der Waals surface area contributed by atoms with Crippen molar-refractivity contribution in [2.45, 2.75) is 38.5 Å². The predicted octanol–water partition coefficient (Wildman–Crippen LogP) is 1.52. The number of anilines is 1. The maximum atomic E-state index is 11.8. The number of sulfonamides is 1. The van der Waals surface area contributed by atoms with Gasteiger partial charge in [0.15, 0.2) is 0 Å². The third-order valence-corrected chi connectivity index (χ3v) is 5.82. The van der Waals surface area contributed by atoms with E-state index in [0.29, 0.717) is 13.1 Å². The minimum Gasteiger partial charge on any atom is -0.357 e. The molecule has 7 heteroatoms. The van der Waals surface area contributed by atoms with Crippen LogP contribution in [0.2, 0.25) is 0 Å². The molecule has 0 N–H and O–H groups in total. The minimum absolute atomic E-state index is 0.173. The summed E-state index contributed by atoms with van der Waals surface area (Å²) < 4.78 is 25.2. The van der Waals surface area contributed by atoms with Crippen molar-refractivity contribution in [3.05, 3.63) is 17.6 Å². The van der Waals surface area contributed by atoms with Crippen LogP contribution in [0.1, 0.15) is 43.1 Å². The molecule has 2 aliphatic heterocycles. The van der Waals surface area contributed by atoms with Gasteiger partial charge in [-0.05, 0) is 32.6 Å². The highest BCUT2D eigenvalue weighted by atomic mass is 32.2. The van der Waals surface area contributed by atoms with Crippen molar-refractivity contribution in [3.63, 3.8) is 0 Å². The molecule has 1 aromatic rings. The number of aryl methyl sites for hydroxylation is 1. The molecule has 1 atom stereocenters. The van der Waals surface area contributed by atoms with Gasteiger partial charge >= 0.3 is 0 Å². The van der Waals surface area contributed by atoms with Crippen molar-refractivity contribution in [1.82, 2.24) is 14.3 Å². The van der Waals surface area contributed by atoms with Crippen molar-refractivity contribution >= 4 is 15.8 Å². The van der Waals surface area contributed by atoms with E-state index in [9.17, 15) is 8.42 Å². The summed E-state index contributed by atoms with van der Waals surface area (Å²) in [5.74, 6) is 1.94. The largest absolute Gasteiger partial charge is 0.357 e. The van der Waals surface area contributed by atoms with Gasteiger partial charge in [-0.15, -0.1) is 0 Å². The van der Waals surface area contributed by atoms with E-state index in [4.69, 9.17) is 0 Å². The summed E-state index contributed by atoms with van der Waals surface area (Å²) in [4.78, 5) is 11.4. The van der Waals surface area contributed by atoms with Gasteiger partial charge in [-0.2, -0.15) is 0 Å². The molecule has 0 radical (unpaired) electrons. The first-order valence-corrected chi connectivity index (χ1v) is 9.84. The summed E-state index contributed by atoms with van der Waals surface area (Å²) in [7, 11) is -3.12. The quantitative estimate of drug-likeness (QED) is 0.843. The molecule has 1 unspecified atom stereocenters. The van der Waals surface area contributed by atoms with Crippen LogP contribution in [-0.4, -0.2) is 55.1 Å². The molecule has 0 bridgehead atoms. The SMILES string of the molecule is Cc1nc(C2CCCN(S(C)(=O)=O)C2)cc(N2CCCC2)n1. The molecular formula is C15H24N4O2S. The maximum Gasteiger partial charge on any atom is 0.211 e. The van der Waals surface area contributed by atoms with Gasteiger partial charge in [0.05, 0.1) is 11.9 Å². The van der Waals surface area contributed by atoms with Crippen molar-refractivity contribution in [1.29, 1.82) is 0 Å². The van der Waals surface area contributed by atoms with Gasteiger partial charge in [0, 0.05) is 38.2 Å². The molecule has 2 fully saturated rings. The summed E-state index contributed by atoms with van der Waals surface area (Å²) in [5.41, 5.74) is 0.989. The molecule has 122 valence electrons. The Bertz CT molecular complexity index is 641. The summed E-state index contributed by atoms with van der Waals surface area (Å²) >= 11 is 0. The molecule has 0 aromatic carbocycles. The van der Waals surface area contributed by atoms with E-state index in [1.807, 2.05) is 6.92 Å². The zero-order valence-electron chi connectivity index (χ0n) is 13.3. The smallest absolute Gasteiger partial charge is 0.211 e. The van der Waals surface area contributed by atoms with Crippen LogP contribution in [-0.2, 0) is 10.0 Å². The van der Waals surface area contributed by atoms with E-state index in [0.717, 1.165) is 43.3 Å². The first-order valence-electron chi connectivity index (χ1n) is 7.99. The summed E-state index contributed by atoms with van der Waals surface area (Å²) in [6.45, 7) is 5.18. The lowest BCUT2D eigenvalue weighted by Gasteiger charge is -2.31. The topological polar surface area (TPSA) is 66.4 Å². The van der Waals surface area contributed by atoms with Crippen LogP contribution >= 0.6 is 0 Å². The molecular weight excluding hydrogens is 300 g/mol. The lowest BCUT2D eigenvalue weighted by Crippen LogP contribution is -2.38. The average Bonchev–Trinajstić information content (AvgIpc) is 3.00. The molecule has 0 amide bonds. The normalized spacial score (nSPS) is 23.9. The van der Waals surface area contributed by atoms with Gasteiger partial charge in [0.2, 0.25) is 10.0 Å². The Hall–Kier alpha value is -1.21. The Labute approximate surface area is 132 Å². The van der Waals surface area contributed by atoms with Gasteiger partial charge in [0.25, 0.3) is 0 Å². The highest BCUT2D eigenvalue weighted by Gasteiger charge is 2.28. The Morgan fingerprint density at radius 1 is 1.14 bits per heavy atom. The zero-order valence-corrected chi connectivity index (χ0v) is 14.1. The molecule has 2 saturated heterocycles. The van der Waals surface area contributed by atoms with Crippen molar-refractivity contribution in [2.24, 2.45) is 0 Å². The van der Waals surface area contributed by atoms with E-state index >= 15 is 0 Å². The van der Waals surface area contributed by atoms with Crippen LogP contribution in [0.5, 0.6) is 0 Å². The van der Waals surface area contributed by atoms with E-state index in [2.05, 4.69) is 20.9 Å². The Kier molecular flexibility index (Phi) is 4.36. The highest BCUT2D eigenvalue weighted by molar-refractivity contribution is 7.88. The molecule has 3 heterocycles. The second kappa shape index (κ2) is 6.12. The molecule has 2 aliphatic rings. The third kappa shape index (κ3) is 3.41. The zero-order chi connectivity index (χ0) is 15.7. The first kappa shape index (κ1) is 15.7. The Morgan fingerprint density at radius 3 is 2.55 bits per heavy atom. The first-order chi connectivity index (χ1) is 10.4. The van der Waals surface area contributed by atoms with Crippen LogP contribution in [0.15, 0.2) is 6.07 Å². The number of hydrogen-bond donors (Lipinski definition) is 0. The van der Waals surface area contributed by atoms with Crippen LogP contribution < -0.4 is 4.90 Å². The molecule has 22 heavy (non-hydrogen) atoms. The second-order valence-electron chi connectivity index (χ2n) is 6.35. The lowest BCUT2D eigenvalue weighted by atomic mass is 9.96. The number of piperidine rings is 1. The molecule has 0 saturated carbocycles. The van der Waals surface area contributed by atoms with E-state index in [-0.39, 0.29) is 5.92 Å². The van der Waals surface area contributed by atoms with Crippen LogP contribution in [0.4, 0.5) is 5.82 Å². The van der Waals surface area contributed by atoms with Gasteiger partial charge in [0.1, 0.15) is 11.6 Å². The van der Waals surface area contributed by atoms with Crippen molar-refractivity contribution < 1.29 is 8.42 Å². The fourth-order valence-electron chi connectivity index (χ4n) is 3.38. The predicted molar refractivity (Wildman–Crippen MR) is 86.6 cm³/mol. The van der Waals surface area contributed by atoms with Gasteiger partial charge in [-0.3, -0.25) is 0 Å². The van der Waals surface area contributed by atoms with Crippen molar-refractivity contribution in [2.75, 3.05) is 37.3 Å². The molecule has 6 nitrogen and oxygen atoms in total. The standard InChI is InChI=1S/C15H24N4O2S/c1-12-16-14(10-15(17-12)18-7-3-4-8-18)13-6-5-9-19(11-13)22(2,20)21/h10,13H,3-9,11H2,1-2H3. The lowest BCUT2D eigenvalue weighted by molar-refractivity contribution is 0.314. The number of aromatic nitrogens is 2. The second-order valence-corrected chi connectivity index (χ2v) is 8.33. The number of rotatable bonds is 3. The number of nitrogens with zero attached hydrogens (tertiary/aromatic N) is 4. The number of hydrogen-bond acceptors (Lipinski definition) is 5. The van der Waals surface area contributed by atoms with Crippen LogP contribution in [0.3, 0.4) is 0 Å². The summed E-state index contributed by atoms with van der Waals surface area (Å²) in [5, 5.41) is 0. The third-order valence-electron chi connectivity index (χ3n) is 4.55. The highest BCUT2D eigenvalue weighted by Crippen LogP contribution is 2.29. The molecule has 0 spiro atoms. The van der Waals surface area contributed by atoms with Crippen LogP contribution in [0.25, 0.3) is 0 Å². The summed E-state index contributed by atoms with van der Waals surface area (Å²) in [6.07, 6.45) is 5.59. The van der Waals surface area contributed by atoms with E-state index in [1.54, 1.807) is 4.31 Å². The fourth-order valence-corrected chi connectivity index (χ4v) is 4.29. The van der Waals surface area contributed by atoms with Crippen LogP contribution in [0, 0.1) is 6.92 Å². The van der Waals surface area contributed by atoms with E-state index < -0.39 is 10.0 Å². The average molecular weight is 324 g/mol. The van der Waals surface area contributed by atoms with E-state index in [1.165, 1.54) is 19.1 Å². The molecule has 0 aliphatic carbocycles. The molecule has 1 aromatic heterocycles. The summed E-state index contributed by atoms with van der Waals surface area (Å²) in [6, 6.07) is 2.06. The Balaban J connectivity index is 1.84. The maximum absolute atomic E-state index is 11.8.